The van der Waals surface area contributed by atoms with E-state index in [1.165, 1.54) is 10.5 Å². The van der Waals surface area contributed by atoms with Crippen molar-refractivity contribution in [2.24, 2.45) is 0 Å². The molecule has 5 nitrogen and oxygen atoms in total. The van der Waals surface area contributed by atoms with Crippen molar-refractivity contribution in [3.8, 4) is 0 Å². The maximum Gasteiger partial charge on any atom is 0.319 e. The molecule has 0 aliphatic carbocycles. The number of carbonyl (C=O) groups is 1. The molecule has 2 aromatic carbocycles. The SMILES string of the molecule is COCCC(C)(O)CNC(=O)Nc1ccc(Sc2ccc(C(C)C)cc2)cc1. The predicted molar refractivity (Wildman–Crippen MR) is 115 cm³/mol. The number of hydrogen-bond donors (Lipinski definition) is 3. The molecule has 0 spiro atoms. The Morgan fingerprint density at radius 2 is 1.68 bits per heavy atom. The highest BCUT2D eigenvalue weighted by Crippen LogP contribution is 2.29. The van der Waals surface area contributed by atoms with E-state index in [9.17, 15) is 9.90 Å². The Kier molecular flexibility index (Phi) is 8.35. The number of rotatable bonds is 9. The van der Waals surface area contributed by atoms with Gasteiger partial charge in [0.15, 0.2) is 0 Å². The molecule has 0 heterocycles. The van der Waals surface area contributed by atoms with Crippen LogP contribution in [0, 0.1) is 0 Å². The number of benzene rings is 2. The molecule has 0 aliphatic rings. The van der Waals surface area contributed by atoms with Gasteiger partial charge in [-0.1, -0.05) is 37.7 Å². The number of aliphatic hydroxyl groups is 1. The van der Waals surface area contributed by atoms with Crippen LogP contribution in [0.2, 0.25) is 0 Å². The summed E-state index contributed by atoms with van der Waals surface area (Å²) in [5.74, 6) is 0.527. The summed E-state index contributed by atoms with van der Waals surface area (Å²) in [5, 5.41) is 15.6. The fraction of sp³-hybridized carbons (Fsp3) is 0.409. The second-order valence-electron chi connectivity index (χ2n) is 7.40. The molecule has 152 valence electrons. The minimum atomic E-state index is -1.00. The van der Waals surface area contributed by atoms with E-state index in [1.54, 1.807) is 25.8 Å². The van der Waals surface area contributed by atoms with Gasteiger partial charge in [-0.25, -0.2) is 4.79 Å². The van der Waals surface area contributed by atoms with E-state index in [4.69, 9.17) is 4.74 Å². The van der Waals surface area contributed by atoms with Crippen molar-refractivity contribution in [3.05, 3.63) is 54.1 Å². The maximum atomic E-state index is 12.0. The second-order valence-corrected chi connectivity index (χ2v) is 8.54. The van der Waals surface area contributed by atoms with Crippen molar-refractivity contribution in [1.82, 2.24) is 5.32 Å². The normalized spacial score (nSPS) is 13.2. The molecular weight excluding hydrogens is 372 g/mol. The second kappa shape index (κ2) is 10.5. The Hall–Kier alpha value is -2.02. The number of nitrogens with one attached hydrogen (secondary N) is 2. The van der Waals surface area contributed by atoms with Gasteiger partial charge >= 0.3 is 6.03 Å². The van der Waals surface area contributed by atoms with Gasteiger partial charge in [-0.2, -0.15) is 0 Å². The Morgan fingerprint density at radius 1 is 1.11 bits per heavy atom. The number of ether oxygens (including phenoxy) is 1. The lowest BCUT2D eigenvalue weighted by Crippen LogP contribution is -2.42. The summed E-state index contributed by atoms with van der Waals surface area (Å²) in [6.45, 7) is 6.64. The predicted octanol–water partition coefficient (Wildman–Crippen LogP) is 4.87. The number of hydrogen-bond acceptors (Lipinski definition) is 4. The van der Waals surface area contributed by atoms with Gasteiger partial charge in [-0.05, 0) is 54.8 Å². The van der Waals surface area contributed by atoms with Gasteiger partial charge in [-0.15, -0.1) is 0 Å². The van der Waals surface area contributed by atoms with Gasteiger partial charge in [0.25, 0.3) is 0 Å². The van der Waals surface area contributed by atoms with Crippen molar-refractivity contribution < 1.29 is 14.6 Å². The molecule has 0 aliphatic heterocycles. The van der Waals surface area contributed by atoms with Crippen LogP contribution in [0.25, 0.3) is 0 Å². The minimum absolute atomic E-state index is 0.155. The monoisotopic (exact) mass is 402 g/mol. The highest BCUT2D eigenvalue weighted by Gasteiger charge is 2.20. The molecule has 0 radical (unpaired) electrons. The van der Waals surface area contributed by atoms with Crippen LogP contribution in [0.1, 0.15) is 38.7 Å². The van der Waals surface area contributed by atoms with E-state index < -0.39 is 5.60 Å². The molecule has 0 saturated heterocycles. The highest BCUT2D eigenvalue weighted by molar-refractivity contribution is 7.99. The van der Waals surface area contributed by atoms with Crippen LogP contribution >= 0.6 is 11.8 Å². The lowest BCUT2D eigenvalue weighted by atomic mass is 10.0. The zero-order valence-electron chi connectivity index (χ0n) is 17.0. The molecule has 6 heteroatoms. The number of anilines is 1. The van der Waals surface area contributed by atoms with Crippen LogP contribution < -0.4 is 10.6 Å². The van der Waals surface area contributed by atoms with E-state index in [-0.39, 0.29) is 12.6 Å². The molecule has 1 unspecified atom stereocenters. The van der Waals surface area contributed by atoms with Crippen molar-refractivity contribution in [2.45, 2.75) is 48.5 Å². The van der Waals surface area contributed by atoms with E-state index in [1.807, 2.05) is 24.3 Å². The van der Waals surface area contributed by atoms with Crippen molar-refractivity contribution in [3.63, 3.8) is 0 Å². The van der Waals surface area contributed by atoms with Crippen molar-refractivity contribution >= 4 is 23.5 Å². The van der Waals surface area contributed by atoms with Crippen LogP contribution in [0.15, 0.2) is 58.3 Å². The first-order valence-electron chi connectivity index (χ1n) is 9.43. The molecule has 1 atom stereocenters. The van der Waals surface area contributed by atoms with Crippen molar-refractivity contribution in [1.29, 1.82) is 0 Å². The summed E-state index contributed by atoms with van der Waals surface area (Å²) in [6.07, 6.45) is 0.452. The van der Waals surface area contributed by atoms with E-state index in [0.29, 0.717) is 24.6 Å². The quantitative estimate of drug-likeness (QED) is 0.560. The fourth-order valence-corrected chi connectivity index (χ4v) is 3.34. The lowest BCUT2D eigenvalue weighted by molar-refractivity contribution is 0.0273. The number of methoxy groups -OCH3 is 1. The topological polar surface area (TPSA) is 70.6 Å². The van der Waals surface area contributed by atoms with E-state index >= 15 is 0 Å². The first-order valence-corrected chi connectivity index (χ1v) is 10.2. The zero-order valence-corrected chi connectivity index (χ0v) is 17.8. The third-order valence-corrected chi connectivity index (χ3v) is 5.38. The van der Waals surface area contributed by atoms with Crippen LogP contribution in [0.4, 0.5) is 10.5 Å². The molecule has 2 amide bonds. The van der Waals surface area contributed by atoms with E-state index in [0.717, 1.165) is 4.90 Å². The summed E-state index contributed by atoms with van der Waals surface area (Å²) in [6, 6.07) is 15.9. The molecule has 0 fully saturated rings. The third-order valence-electron chi connectivity index (χ3n) is 4.37. The zero-order chi connectivity index (χ0) is 20.6. The Bertz CT molecular complexity index is 743. The van der Waals surface area contributed by atoms with Gasteiger partial charge in [0.1, 0.15) is 0 Å². The van der Waals surface area contributed by atoms with Gasteiger partial charge < -0.3 is 20.5 Å². The minimum Gasteiger partial charge on any atom is -0.388 e. The average molecular weight is 403 g/mol. The van der Waals surface area contributed by atoms with Crippen LogP contribution in [0.5, 0.6) is 0 Å². The molecule has 0 bridgehead atoms. The molecule has 2 rings (SSSR count). The lowest BCUT2D eigenvalue weighted by Gasteiger charge is -2.23. The average Bonchev–Trinajstić information content (AvgIpc) is 2.67. The molecular formula is C22H30N2O3S. The summed E-state index contributed by atoms with van der Waals surface area (Å²) in [7, 11) is 1.58. The molecule has 0 saturated carbocycles. The van der Waals surface area contributed by atoms with Crippen LogP contribution in [-0.4, -0.2) is 37.0 Å². The number of amides is 2. The number of urea groups is 1. The van der Waals surface area contributed by atoms with Gasteiger partial charge in [0.2, 0.25) is 0 Å². The van der Waals surface area contributed by atoms with Crippen LogP contribution in [-0.2, 0) is 4.74 Å². The van der Waals surface area contributed by atoms with Gasteiger partial charge in [0.05, 0.1) is 5.60 Å². The summed E-state index contributed by atoms with van der Waals surface area (Å²) in [4.78, 5) is 14.3. The smallest absolute Gasteiger partial charge is 0.319 e. The summed E-state index contributed by atoms with van der Waals surface area (Å²) < 4.78 is 4.96. The maximum absolute atomic E-state index is 12.0. The first kappa shape index (κ1) is 22.3. The Labute approximate surface area is 171 Å². The molecule has 2 aromatic rings. The highest BCUT2D eigenvalue weighted by atomic mass is 32.2. The van der Waals surface area contributed by atoms with Gasteiger partial charge in [0, 0.05) is 42.2 Å². The van der Waals surface area contributed by atoms with E-state index in [2.05, 4.69) is 48.7 Å². The summed E-state index contributed by atoms with van der Waals surface area (Å²) in [5.41, 5.74) is 1.03. The Balaban J connectivity index is 1.84. The fourth-order valence-electron chi connectivity index (χ4n) is 2.52. The standard InChI is InChI=1S/C22H30N2O3S/c1-16(2)17-5-9-19(10-6-17)28-20-11-7-18(8-12-20)24-21(25)23-15-22(3,26)13-14-27-4/h5-12,16,26H,13-15H2,1-4H3,(H2,23,24,25). The molecule has 28 heavy (non-hydrogen) atoms. The summed E-state index contributed by atoms with van der Waals surface area (Å²) >= 11 is 1.68. The van der Waals surface area contributed by atoms with Gasteiger partial charge in [-0.3, -0.25) is 0 Å². The molecule has 3 N–H and O–H groups in total. The third kappa shape index (κ3) is 7.54. The van der Waals surface area contributed by atoms with Crippen molar-refractivity contribution in [2.75, 3.05) is 25.6 Å². The Morgan fingerprint density at radius 3 is 2.21 bits per heavy atom. The number of carbonyl (C=O) groups excluding carboxylic acids is 1. The first-order chi connectivity index (χ1) is 13.3. The largest absolute Gasteiger partial charge is 0.388 e. The molecule has 0 aromatic heterocycles. The van der Waals surface area contributed by atoms with Crippen LogP contribution in [0.3, 0.4) is 0 Å².